The van der Waals surface area contributed by atoms with Crippen molar-refractivity contribution in [2.75, 3.05) is 26.4 Å². The van der Waals surface area contributed by atoms with Gasteiger partial charge in [0.1, 0.15) is 73.2 Å². The number of carbonyl (C=O) groups excluding carboxylic acids is 1. The topological polar surface area (TPSA) is 315 Å². The van der Waals surface area contributed by atoms with Gasteiger partial charge in [0.05, 0.1) is 37.9 Å². The Kier molecular flexibility index (Phi) is 13.9. The highest BCUT2D eigenvalue weighted by atomic mass is 16.8. The molecule has 6 fully saturated rings. The zero-order valence-corrected chi connectivity index (χ0v) is 31.4. The van der Waals surface area contributed by atoms with Gasteiger partial charge < -0.3 is 89.7 Å². The van der Waals surface area contributed by atoms with E-state index in [9.17, 15) is 66.1 Å². The van der Waals surface area contributed by atoms with Crippen molar-refractivity contribution in [1.29, 1.82) is 0 Å². The van der Waals surface area contributed by atoms with Gasteiger partial charge in [0.15, 0.2) is 12.6 Å². The van der Waals surface area contributed by atoms with Gasteiger partial charge in [0.2, 0.25) is 6.29 Å². The summed E-state index contributed by atoms with van der Waals surface area (Å²) in [4.78, 5) is 14.1. The van der Waals surface area contributed by atoms with E-state index < -0.39 is 141 Å². The van der Waals surface area contributed by atoms with E-state index in [0.717, 1.165) is 6.42 Å². The molecule has 322 valence electrons. The van der Waals surface area contributed by atoms with Gasteiger partial charge in [-0.05, 0) is 73.7 Å². The van der Waals surface area contributed by atoms with Crippen molar-refractivity contribution < 1.29 is 94.5 Å². The molecule has 19 nitrogen and oxygen atoms in total. The lowest BCUT2D eigenvalue weighted by molar-refractivity contribution is -0.370. The molecule has 3 aliphatic heterocycles. The average molecular weight is 809 g/mol. The quantitative estimate of drug-likeness (QED) is 0.0737. The molecule has 17 unspecified atom stereocenters. The van der Waals surface area contributed by atoms with Gasteiger partial charge in [-0.2, -0.15) is 0 Å². The highest BCUT2D eigenvalue weighted by Crippen LogP contribution is 2.64. The maximum absolute atomic E-state index is 14.1. The zero-order chi connectivity index (χ0) is 40.9. The molecule has 3 saturated carbocycles. The Balaban J connectivity index is 1.19. The first-order chi connectivity index (χ1) is 26.6. The summed E-state index contributed by atoms with van der Waals surface area (Å²) in [6, 6.07) is 0. The van der Waals surface area contributed by atoms with E-state index >= 15 is 0 Å². The molecule has 0 aromatic carbocycles. The van der Waals surface area contributed by atoms with Crippen LogP contribution in [0.15, 0.2) is 12.2 Å². The van der Waals surface area contributed by atoms with Crippen LogP contribution < -0.4 is 0 Å². The van der Waals surface area contributed by atoms with E-state index in [2.05, 4.69) is 13.5 Å². The van der Waals surface area contributed by atoms with Gasteiger partial charge in [-0.15, -0.1) is 0 Å². The van der Waals surface area contributed by atoms with Crippen molar-refractivity contribution in [3.05, 3.63) is 12.2 Å². The third-order valence-corrected chi connectivity index (χ3v) is 13.8. The van der Waals surface area contributed by atoms with Crippen molar-refractivity contribution in [2.45, 2.75) is 157 Å². The second-order valence-corrected chi connectivity index (χ2v) is 16.8. The Morgan fingerprint density at radius 1 is 0.679 bits per heavy atom. The Bertz CT molecular complexity index is 1350. The molecular weight excluding hydrogens is 748 g/mol. The summed E-state index contributed by atoms with van der Waals surface area (Å²) < 4.78 is 34.8. The maximum atomic E-state index is 14.1. The normalized spacial score (nSPS) is 51.4. The van der Waals surface area contributed by atoms with Gasteiger partial charge in [-0.25, -0.2) is 0 Å². The minimum Gasteiger partial charge on any atom is -0.432 e. The molecule has 0 bridgehead atoms. The number of hydrogen-bond donors (Lipinski definition) is 12. The Morgan fingerprint density at radius 2 is 1.23 bits per heavy atom. The average Bonchev–Trinajstić information content (AvgIpc) is 3.35. The third kappa shape index (κ3) is 7.82. The molecule has 3 heterocycles. The van der Waals surface area contributed by atoms with Crippen LogP contribution in [0, 0.1) is 28.6 Å². The van der Waals surface area contributed by atoms with Gasteiger partial charge in [-0.1, -0.05) is 19.9 Å². The second kappa shape index (κ2) is 17.6. The van der Waals surface area contributed by atoms with Crippen LogP contribution in [-0.2, 0) is 33.2 Å². The summed E-state index contributed by atoms with van der Waals surface area (Å²) in [5.74, 6) is -1.07. The molecule has 0 aromatic rings. The first kappa shape index (κ1) is 44.1. The number of rotatable bonds is 10. The van der Waals surface area contributed by atoms with Crippen LogP contribution in [0.4, 0.5) is 0 Å². The molecule has 12 N–H and O–H groups in total. The molecule has 0 aromatic heterocycles. The Hall–Kier alpha value is -1.47. The molecule has 19 heteroatoms. The molecule has 56 heavy (non-hydrogen) atoms. The lowest BCUT2D eigenvalue weighted by Gasteiger charge is -2.59. The standard InChI is InChI=1S/C37H60O19/c1-15-10-16-4-7-22-36(2,8-3-9-37(22,14-41)35(50)56-33-30(49)27(46)24(43)20(12-39)53-33)17(16)5-6-18(15)51-34-31(28(47)25(44)21(13-40)54-34)55-32-29(48)26(45)23(42)19(11-38)52-32/h16-34,38-49H,1,3-14H2,2H3/t16?,17-,18?,19?,20?,21?,22+,23?,24?,25?,26?,27?,28?,29?,30?,31?,32?,33?,34?,36+,37+/m1/s1. The van der Waals surface area contributed by atoms with Gasteiger partial charge in [-0.3, -0.25) is 4.79 Å². The van der Waals surface area contributed by atoms with Crippen molar-refractivity contribution in [3.8, 4) is 0 Å². The van der Waals surface area contributed by atoms with Crippen LogP contribution in [0.1, 0.15) is 58.3 Å². The van der Waals surface area contributed by atoms with Gasteiger partial charge in [0.25, 0.3) is 0 Å². The lowest BCUT2D eigenvalue weighted by Crippen LogP contribution is -2.65. The molecule has 0 amide bonds. The van der Waals surface area contributed by atoms with Crippen molar-refractivity contribution >= 4 is 5.97 Å². The zero-order valence-electron chi connectivity index (χ0n) is 31.4. The molecule has 3 saturated heterocycles. The van der Waals surface area contributed by atoms with Crippen LogP contribution in [0.3, 0.4) is 0 Å². The number of fused-ring (bicyclic) bond motifs is 3. The Morgan fingerprint density at radius 3 is 1.82 bits per heavy atom. The molecule has 21 atom stereocenters. The van der Waals surface area contributed by atoms with E-state index in [1.54, 1.807) is 0 Å². The first-order valence-corrected chi connectivity index (χ1v) is 19.6. The van der Waals surface area contributed by atoms with Crippen LogP contribution in [0.5, 0.6) is 0 Å². The molecule has 3 aliphatic carbocycles. The smallest absolute Gasteiger partial charge is 0.317 e. The van der Waals surface area contributed by atoms with Gasteiger partial charge in [0, 0.05) is 0 Å². The highest BCUT2D eigenvalue weighted by molar-refractivity contribution is 5.78. The summed E-state index contributed by atoms with van der Waals surface area (Å²) in [6.45, 7) is 3.76. The molecule has 6 aliphatic rings. The highest BCUT2D eigenvalue weighted by Gasteiger charge is 2.62. The predicted octanol–water partition coefficient (Wildman–Crippen LogP) is -4.11. The summed E-state index contributed by atoms with van der Waals surface area (Å²) in [5, 5.41) is 124. The number of ether oxygens (including phenoxy) is 6. The number of aliphatic hydroxyl groups excluding tert-OH is 12. The van der Waals surface area contributed by atoms with Crippen molar-refractivity contribution in [2.24, 2.45) is 28.6 Å². The minimum absolute atomic E-state index is 0.00363. The third-order valence-electron chi connectivity index (χ3n) is 13.8. The Labute approximate surface area is 324 Å². The monoisotopic (exact) mass is 808 g/mol. The number of aliphatic hydroxyl groups is 12. The fraction of sp³-hybridized carbons (Fsp3) is 0.919. The van der Waals surface area contributed by atoms with E-state index in [0.29, 0.717) is 50.5 Å². The summed E-state index contributed by atoms with van der Waals surface area (Å²) in [7, 11) is 0. The summed E-state index contributed by atoms with van der Waals surface area (Å²) in [5.41, 5.74) is -1.18. The number of hydrogen-bond acceptors (Lipinski definition) is 19. The van der Waals surface area contributed by atoms with E-state index in [-0.39, 0.29) is 17.8 Å². The fourth-order valence-corrected chi connectivity index (χ4v) is 10.6. The maximum Gasteiger partial charge on any atom is 0.317 e. The van der Waals surface area contributed by atoms with Crippen LogP contribution in [-0.4, -0.2) is 192 Å². The summed E-state index contributed by atoms with van der Waals surface area (Å²) >= 11 is 0. The van der Waals surface area contributed by atoms with Crippen molar-refractivity contribution in [1.82, 2.24) is 0 Å². The first-order valence-electron chi connectivity index (χ1n) is 19.6. The largest absolute Gasteiger partial charge is 0.432 e. The SMILES string of the molecule is C=C1CC2CC[C@@H]3[C@](CO)(C(=O)OC4OC(CO)C(O)C(O)C4O)CCC[C@@]3(C)[C@@H]2CCC1OC1OC(CO)C(O)C(O)C1OC1OC(CO)C(O)C(O)C1O. The van der Waals surface area contributed by atoms with E-state index in [1.807, 2.05) is 0 Å². The van der Waals surface area contributed by atoms with Crippen LogP contribution >= 0.6 is 0 Å². The molecule has 0 radical (unpaired) electrons. The van der Waals surface area contributed by atoms with Crippen LogP contribution in [0.25, 0.3) is 0 Å². The molecular formula is C37H60O19. The predicted molar refractivity (Wildman–Crippen MR) is 185 cm³/mol. The fourth-order valence-electron chi connectivity index (χ4n) is 10.6. The number of carbonyl (C=O) groups is 1. The minimum atomic E-state index is -1.82. The van der Waals surface area contributed by atoms with Crippen LogP contribution in [0.2, 0.25) is 0 Å². The van der Waals surface area contributed by atoms with Gasteiger partial charge >= 0.3 is 5.97 Å². The molecule has 6 rings (SSSR count). The van der Waals surface area contributed by atoms with Crippen molar-refractivity contribution in [3.63, 3.8) is 0 Å². The lowest BCUT2D eigenvalue weighted by atomic mass is 9.45. The van der Waals surface area contributed by atoms with E-state index in [4.69, 9.17) is 28.4 Å². The summed E-state index contributed by atoms with van der Waals surface area (Å²) in [6.07, 6.45) is -20.6. The second-order valence-electron chi connectivity index (χ2n) is 16.8. The number of esters is 1. The molecule has 0 spiro atoms. The van der Waals surface area contributed by atoms with E-state index in [1.165, 1.54) is 0 Å².